The fraction of sp³-hybridized carbons (Fsp3) is 0.278. The van der Waals surface area contributed by atoms with Crippen LogP contribution in [0.1, 0.15) is 15.9 Å². The molecule has 0 bridgehead atoms. The van der Waals surface area contributed by atoms with Crippen LogP contribution in [0.3, 0.4) is 0 Å². The van der Waals surface area contributed by atoms with Crippen molar-refractivity contribution in [2.75, 3.05) is 37.4 Å². The molecule has 130 valence electrons. The van der Waals surface area contributed by atoms with E-state index >= 15 is 0 Å². The van der Waals surface area contributed by atoms with Gasteiger partial charge in [0, 0.05) is 19.6 Å². The first-order valence-electron chi connectivity index (χ1n) is 7.98. The van der Waals surface area contributed by atoms with E-state index in [1.165, 1.54) is 7.11 Å². The van der Waals surface area contributed by atoms with Crippen molar-refractivity contribution in [2.24, 2.45) is 0 Å². The van der Waals surface area contributed by atoms with Gasteiger partial charge < -0.3 is 20.3 Å². The van der Waals surface area contributed by atoms with Gasteiger partial charge >= 0.3 is 5.97 Å². The van der Waals surface area contributed by atoms with Gasteiger partial charge in [-0.25, -0.2) is 9.78 Å². The summed E-state index contributed by atoms with van der Waals surface area (Å²) in [5, 5.41) is 0. The Morgan fingerprint density at radius 3 is 2.80 bits per heavy atom. The van der Waals surface area contributed by atoms with Gasteiger partial charge in [-0.1, -0.05) is 12.1 Å². The van der Waals surface area contributed by atoms with Crippen molar-refractivity contribution in [3.05, 3.63) is 53.7 Å². The van der Waals surface area contributed by atoms with Crippen molar-refractivity contribution < 1.29 is 14.3 Å². The number of carbonyl (C=O) groups excluding carboxylic acids is 2. The lowest BCUT2D eigenvalue weighted by Gasteiger charge is -2.35. The van der Waals surface area contributed by atoms with Crippen LogP contribution in [0.25, 0.3) is 0 Å². The zero-order valence-corrected chi connectivity index (χ0v) is 14.0. The van der Waals surface area contributed by atoms with E-state index in [2.05, 4.69) is 4.98 Å². The molecule has 1 saturated heterocycles. The van der Waals surface area contributed by atoms with Crippen LogP contribution in [0.15, 0.2) is 42.6 Å². The van der Waals surface area contributed by atoms with E-state index in [0.29, 0.717) is 30.9 Å². The first-order valence-corrected chi connectivity index (χ1v) is 7.98. The Labute approximate surface area is 146 Å². The van der Waals surface area contributed by atoms with E-state index in [9.17, 15) is 9.59 Å². The molecule has 0 unspecified atom stereocenters. The predicted octanol–water partition coefficient (Wildman–Crippen LogP) is 1.30. The van der Waals surface area contributed by atoms with Crippen LogP contribution in [0.5, 0.6) is 0 Å². The summed E-state index contributed by atoms with van der Waals surface area (Å²) in [4.78, 5) is 32.1. The van der Waals surface area contributed by atoms with Gasteiger partial charge in [-0.2, -0.15) is 0 Å². The van der Waals surface area contributed by atoms with E-state index in [0.717, 1.165) is 11.4 Å². The highest BCUT2D eigenvalue weighted by Gasteiger charge is 2.25. The second kappa shape index (κ2) is 7.21. The Bertz CT molecular complexity index is 776. The maximum atomic E-state index is 12.5. The monoisotopic (exact) mass is 340 g/mol. The molecule has 1 amide bonds. The van der Waals surface area contributed by atoms with E-state index in [1.807, 2.05) is 17.0 Å². The Kier molecular flexibility index (Phi) is 4.83. The van der Waals surface area contributed by atoms with Gasteiger partial charge in [-0.3, -0.25) is 4.79 Å². The molecule has 1 aliphatic rings. The number of rotatable bonds is 4. The lowest BCUT2D eigenvalue weighted by molar-refractivity contribution is -0.131. The maximum absolute atomic E-state index is 12.5. The molecule has 0 saturated carbocycles. The summed E-state index contributed by atoms with van der Waals surface area (Å²) in [5.41, 5.74) is 7.62. The molecule has 2 N–H and O–H groups in total. The summed E-state index contributed by atoms with van der Waals surface area (Å²) in [5.74, 6) is 0.385. The molecule has 1 aliphatic heterocycles. The Morgan fingerprint density at radius 1 is 1.28 bits per heavy atom. The lowest BCUT2D eigenvalue weighted by atomic mass is 10.1. The molecule has 1 aromatic carbocycles. The number of esters is 1. The predicted molar refractivity (Wildman–Crippen MR) is 94.1 cm³/mol. The molecule has 0 atom stereocenters. The topological polar surface area (TPSA) is 88.8 Å². The minimum absolute atomic E-state index is 0.0216. The van der Waals surface area contributed by atoms with Gasteiger partial charge in [0.15, 0.2) is 0 Å². The second-order valence-electron chi connectivity index (χ2n) is 5.88. The molecule has 0 spiro atoms. The molecule has 2 heterocycles. The summed E-state index contributed by atoms with van der Waals surface area (Å²) >= 11 is 0. The molecule has 25 heavy (non-hydrogen) atoms. The quantitative estimate of drug-likeness (QED) is 0.844. The van der Waals surface area contributed by atoms with E-state index in [1.54, 1.807) is 35.4 Å². The molecule has 2 aromatic rings. The summed E-state index contributed by atoms with van der Waals surface area (Å²) < 4.78 is 4.73. The third-order valence-corrected chi connectivity index (χ3v) is 4.13. The Morgan fingerprint density at radius 2 is 2.12 bits per heavy atom. The number of amides is 1. The molecule has 1 aromatic heterocycles. The summed E-state index contributed by atoms with van der Waals surface area (Å²) in [6.45, 7) is 2.02. The van der Waals surface area contributed by atoms with Gasteiger partial charge in [0.1, 0.15) is 5.82 Å². The smallest absolute Gasteiger partial charge is 0.337 e. The lowest BCUT2D eigenvalue weighted by Crippen LogP contribution is -2.50. The van der Waals surface area contributed by atoms with E-state index in [-0.39, 0.29) is 18.4 Å². The minimum atomic E-state index is -0.382. The number of pyridine rings is 1. The standard InChI is InChI=1S/C18H20N4O3/c1-25-18(24)14-4-2-3-13(9-14)11-22-8-7-21(12-17(22)23)16-6-5-15(19)10-20-16/h2-6,9-10H,7-8,11-12,19H2,1H3. The number of nitrogen functional groups attached to an aromatic ring is 1. The number of nitrogens with two attached hydrogens (primary N) is 1. The fourth-order valence-electron chi connectivity index (χ4n) is 2.79. The van der Waals surface area contributed by atoms with Crippen molar-refractivity contribution in [1.82, 2.24) is 9.88 Å². The number of methoxy groups -OCH3 is 1. The van der Waals surface area contributed by atoms with Crippen molar-refractivity contribution in [3.63, 3.8) is 0 Å². The largest absolute Gasteiger partial charge is 0.465 e. The Balaban J connectivity index is 1.65. The SMILES string of the molecule is COC(=O)c1cccc(CN2CCN(c3ccc(N)cn3)CC2=O)c1. The number of hydrogen-bond acceptors (Lipinski definition) is 6. The van der Waals surface area contributed by atoms with Crippen LogP contribution in [0.4, 0.5) is 11.5 Å². The molecule has 7 nitrogen and oxygen atoms in total. The molecule has 1 fully saturated rings. The number of nitrogens with zero attached hydrogens (tertiary/aromatic N) is 3. The van der Waals surface area contributed by atoms with E-state index in [4.69, 9.17) is 10.5 Å². The molecule has 0 radical (unpaired) electrons. The molecule has 7 heteroatoms. The van der Waals surface area contributed by atoms with Crippen molar-refractivity contribution in [3.8, 4) is 0 Å². The van der Waals surface area contributed by atoms with Gasteiger partial charge in [0.25, 0.3) is 0 Å². The van der Waals surface area contributed by atoms with Gasteiger partial charge in [0.05, 0.1) is 31.1 Å². The highest BCUT2D eigenvalue weighted by Crippen LogP contribution is 2.17. The van der Waals surface area contributed by atoms with E-state index < -0.39 is 0 Å². The zero-order chi connectivity index (χ0) is 17.8. The van der Waals surface area contributed by atoms with Gasteiger partial charge in [-0.15, -0.1) is 0 Å². The van der Waals surface area contributed by atoms with Crippen molar-refractivity contribution in [2.45, 2.75) is 6.54 Å². The zero-order valence-electron chi connectivity index (χ0n) is 14.0. The molecular weight excluding hydrogens is 320 g/mol. The van der Waals surface area contributed by atoms with Crippen LogP contribution in [-0.2, 0) is 16.1 Å². The number of hydrogen-bond donors (Lipinski definition) is 1. The third-order valence-electron chi connectivity index (χ3n) is 4.13. The third kappa shape index (κ3) is 3.88. The number of aromatic nitrogens is 1. The number of ether oxygens (including phenoxy) is 1. The number of carbonyl (C=O) groups is 2. The van der Waals surface area contributed by atoms with Gasteiger partial charge in [0.2, 0.25) is 5.91 Å². The highest BCUT2D eigenvalue weighted by atomic mass is 16.5. The first-order chi connectivity index (χ1) is 12.1. The maximum Gasteiger partial charge on any atom is 0.337 e. The average molecular weight is 340 g/mol. The Hall–Kier alpha value is -3.09. The number of benzene rings is 1. The van der Waals surface area contributed by atoms with Crippen LogP contribution in [0.2, 0.25) is 0 Å². The number of piperazine rings is 1. The summed E-state index contributed by atoms with van der Waals surface area (Å²) in [7, 11) is 1.35. The fourth-order valence-corrected chi connectivity index (χ4v) is 2.79. The van der Waals surface area contributed by atoms with Crippen LogP contribution >= 0.6 is 0 Å². The first kappa shape index (κ1) is 16.8. The summed E-state index contributed by atoms with van der Waals surface area (Å²) in [6, 6.07) is 10.7. The van der Waals surface area contributed by atoms with Crippen LogP contribution < -0.4 is 10.6 Å². The molecule has 3 rings (SSSR count). The average Bonchev–Trinajstić information content (AvgIpc) is 2.63. The van der Waals surface area contributed by atoms with Crippen molar-refractivity contribution in [1.29, 1.82) is 0 Å². The summed E-state index contributed by atoms with van der Waals surface area (Å²) in [6.07, 6.45) is 1.59. The highest BCUT2D eigenvalue weighted by molar-refractivity contribution is 5.89. The molecule has 0 aliphatic carbocycles. The minimum Gasteiger partial charge on any atom is -0.465 e. The van der Waals surface area contributed by atoms with Crippen LogP contribution in [0, 0.1) is 0 Å². The van der Waals surface area contributed by atoms with Crippen molar-refractivity contribution >= 4 is 23.4 Å². The second-order valence-corrected chi connectivity index (χ2v) is 5.88. The molecular formula is C18H20N4O3. The van der Waals surface area contributed by atoms with Crippen LogP contribution in [-0.4, -0.2) is 48.5 Å². The normalized spacial score (nSPS) is 14.5. The number of anilines is 2. The van der Waals surface area contributed by atoms with Gasteiger partial charge in [-0.05, 0) is 29.8 Å².